The fraction of sp³-hybridized carbons (Fsp3) is 0.462. The van der Waals surface area contributed by atoms with Crippen molar-refractivity contribution in [1.82, 2.24) is 5.32 Å². The van der Waals surface area contributed by atoms with Gasteiger partial charge in [-0.3, -0.25) is 4.79 Å². The van der Waals surface area contributed by atoms with Crippen LogP contribution in [0.15, 0.2) is 24.3 Å². The second kappa shape index (κ2) is 7.02. The maximum Gasteiger partial charge on any atom is 0.251 e. The highest BCUT2D eigenvalue weighted by Crippen LogP contribution is 2.11. The van der Waals surface area contributed by atoms with Crippen molar-refractivity contribution in [1.29, 1.82) is 0 Å². The summed E-state index contributed by atoms with van der Waals surface area (Å²) >= 11 is 9.20. The van der Waals surface area contributed by atoms with Gasteiger partial charge in [-0.25, -0.2) is 0 Å². The molecule has 0 aliphatic rings. The van der Waals surface area contributed by atoms with E-state index in [0.717, 1.165) is 11.8 Å². The molecule has 0 aliphatic heterocycles. The normalized spacial score (nSPS) is 12.5. The Hall–Kier alpha value is -0.540. The molecule has 0 bridgehead atoms. The lowest BCUT2D eigenvalue weighted by Gasteiger charge is -2.18. The average Bonchev–Trinajstić information content (AvgIpc) is 2.28. The van der Waals surface area contributed by atoms with Gasteiger partial charge in [0.2, 0.25) is 0 Å². The van der Waals surface area contributed by atoms with Gasteiger partial charge < -0.3 is 5.32 Å². The van der Waals surface area contributed by atoms with Crippen LogP contribution in [-0.4, -0.2) is 17.3 Å². The number of halogens is 2. The standard InChI is InChI=1S/C13H17BrClNO/c1-9(2)7-12(8-14)16-13(17)10-3-5-11(15)6-4-10/h3-6,9,12H,7-8H2,1-2H3,(H,16,17). The zero-order valence-electron chi connectivity index (χ0n) is 10.0. The van der Waals surface area contributed by atoms with Crippen LogP contribution in [0, 0.1) is 5.92 Å². The van der Waals surface area contributed by atoms with Crippen LogP contribution in [0.1, 0.15) is 30.6 Å². The van der Waals surface area contributed by atoms with E-state index in [4.69, 9.17) is 11.6 Å². The number of carbonyl (C=O) groups excluding carboxylic acids is 1. The van der Waals surface area contributed by atoms with E-state index in [2.05, 4.69) is 35.1 Å². The zero-order valence-corrected chi connectivity index (χ0v) is 12.4. The number of rotatable bonds is 5. The highest BCUT2D eigenvalue weighted by Gasteiger charge is 2.13. The Kier molecular flexibility index (Phi) is 6.00. The third-order valence-corrected chi connectivity index (χ3v) is 3.42. The Morgan fingerprint density at radius 2 is 1.94 bits per heavy atom. The predicted molar refractivity (Wildman–Crippen MR) is 76.0 cm³/mol. The summed E-state index contributed by atoms with van der Waals surface area (Å²) in [6, 6.07) is 7.08. The first-order chi connectivity index (χ1) is 8.02. The molecule has 1 atom stereocenters. The molecule has 1 amide bonds. The molecule has 1 aromatic rings. The van der Waals surface area contributed by atoms with Crippen LogP contribution in [-0.2, 0) is 0 Å². The van der Waals surface area contributed by atoms with Gasteiger partial charge in [0.05, 0.1) is 0 Å². The quantitative estimate of drug-likeness (QED) is 0.820. The third-order valence-electron chi connectivity index (χ3n) is 2.38. The molecule has 1 unspecified atom stereocenters. The van der Waals surface area contributed by atoms with Crippen LogP contribution >= 0.6 is 27.5 Å². The fourth-order valence-corrected chi connectivity index (χ4v) is 2.15. The van der Waals surface area contributed by atoms with E-state index in [9.17, 15) is 4.79 Å². The molecule has 0 saturated carbocycles. The third kappa shape index (κ3) is 5.09. The van der Waals surface area contributed by atoms with Gasteiger partial charge in [0.25, 0.3) is 5.91 Å². The van der Waals surface area contributed by atoms with E-state index >= 15 is 0 Å². The lowest BCUT2D eigenvalue weighted by Crippen LogP contribution is -2.37. The van der Waals surface area contributed by atoms with Crippen LogP contribution in [0.3, 0.4) is 0 Å². The Morgan fingerprint density at radius 1 is 1.35 bits per heavy atom. The molecule has 0 saturated heterocycles. The van der Waals surface area contributed by atoms with Crippen LogP contribution in [0.2, 0.25) is 5.02 Å². The van der Waals surface area contributed by atoms with Crippen LogP contribution in [0.25, 0.3) is 0 Å². The average molecular weight is 319 g/mol. The molecule has 1 aromatic carbocycles. The maximum absolute atomic E-state index is 11.9. The lowest BCUT2D eigenvalue weighted by atomic mass is 10.0. The summed E-state index contributed by atoms with van der Waals surface area (Å²) in [6.07, 6.45) is 0.963. The Labute approximate surface area is 116 Å². The molecule has 1 rings (SSSR count). The highest BCUT2D eigenvalue weighted by molar-refractivity contribution is 9.09. The first-order valence-corrected chi connectivity index (χ1v) is 7.15. The van der Waals surface area contributed by atoms with E-state index in [1.54, 1.807) is 24.3 Å². The molecule has 0 aliphatic carbocycles. The largest absolute Gasteiger partial charge is 0.348 e. The molecule has 94 valence electrons. The summed E-state index contributed by atoms with van der Waals surface area (Å²) in [4.78, 5) is 11.9. The SMILES string of the molecule is CC(C)CC(CBr)NC(=O)c1ccc(Cl)cc1. The van der Waals surface area contributed by atoms with Crippen molar-refractivity contribution in [3.05, 3.63) is 34.9 Å². The smallest absolute Gasteiger partial charge is 0.251 e. The second-order valence-electron chi connectivity index (χ2n) is 4.46. The molecule has 0 fully saturated rings. The molecule has 0 radical (unpaired) electrons. The van der Waals surface area contributed by atoms with Gasteiger partial charge in [0, 0.05) is 22.0 Å². The fourth-order valence-electron chi connectivity index (χ4n) is 1.60. The van der Waals surface area contributed by atoms with Crippen LogP contribution < -0.4 is 5.32 Å². The minimum absolute atomic E-state index is 0.0493. The summed E-state index contributed by atoms with van der Waals surface area (Å²) in [5.74, 6) is 0.509. The number of alkyl halides is 1. The Balaban J connectivity index is 2.61. The number of amides is 1. The van der Waals surface area contributed by atoms with Crippen LogP contribution in [0.4, 0.5) is 0 Å². The molecule has 0 heterocycles. The lowest BCUT2D eigenvalue weighted by molar-refractivity contribution is 0.0937. The molecular weight excluding hydrogens is 302 g/mol. The zero-order chi connectivity index (χ0) is 12.8. The molecule has 2 nitrogen and oxygen atoms in total. The molecule has 0 aromatic heterocycles. The predicted octanol–water partition coefficient (Wildman–Crippen LogP) is 3.88. The molecule has 0 spiro atoms. The summed E-state index contributed by atoms with van der Waals surface area (Å²) in [5, 5.41) is 4.41. The minimum atomic E-state index is -0.0493. The van der Waals surface area contributed by atoms with Crippen LogP contribution in [0.5, 0.6) is 0 Å². The summed E-state index contributed by atoms with van der Waals surface area (Å²) in [5.41, 5.74) is 0.643. The summed E-state index contributed by atoms with van der Waals surface area (Å²) in [7, 11) is 0. The van der Waals surface area contributed by atoms with Gasteiger partial charge in [0.15, 0.2) is 0 Å². The molecule has 17 heavy (non-hydrogen) atoms. The van der Waals surface area contributed by atoms with Gasteiger partial charge in [-0.1, -0.05) is 41.4 Å². The second-order valence-corrected chi connectivity index (χ2v) is 5.55. The first kappa shape index (κ1) is 14.5. The first-order valence-electron chi connectivity index (χ1n) is 5.65. The topological polar surface area (TPSA) is 29.1 Å². The maximum atomic E-state index is 11.9. The van der Waals surface area contributed by atoms with E-state index in [1.807, 2.05) is 0 Å². The number of benzene rings is 1. The van der Waals surface area contributed by atoms with E-state index in [0.29, 0.717) is 16.5 Å². The summed E-state index contributed by atoms with van der Waals surface area (Å²) < 4.78 is 0. The highest BCUT2D eigenvalue weighted by atomic mass is 79.9. The van der Waals surface area contributed by atoms with Crippen molar-refractivity contribution in [2.24, 2.45) is 5.92 Å². The molecule has 4 heteroatoms. The summed E-state index contributed by atoms with van der Waals surface area (Å²) in [6.45, 7) is 4.29. The van der Waals surface area contributed by atoms with Crippen molar-refractivity contribution >= 4 is 33.4 Å². The van der Waals surface area contributed by atoms with E-state index in [-0.39, 0.29) is 11.9 Å². The van der Waals surface area contributed by atoms with Crippen molar-refractivity contribution in [2.75, 3.05) is 5.33 Å². The molecular formula is C13H17BrClNO. The van der Waals surface area contributed by atoms with Crippen molar-refractivity contribution < 1.29 is 4.79 Å². The van der Waals surface area contributed by atoms with Gasteiger partial charge in [0.1, 0.15) is 0 Å². The number of carbonyl (C=O) groups is 1. The number of hydrogen-bond acceptors (Lipinski definition) is 1. The van der Waals surface area contributed by atoms with Gasteiger partial charge in [-0.15, -0.1) is 0 Å². The van der Waals surface area contributed by atoms with Gasteiger partial charge in [-0.2, -0.15) is 0 Å². The Morgan fingerprint density at radius 3 is 2.41 bits per heavy atom. The minimum Gasteiger partial charge on any atom is -0.348 e. The molecule has 1 N–H and O–H groups in total. The number of nitrogens with one attached hydrogen (secondary N) is 1. The van der Waals surface area contributed by atoms with E-state index in [1.165, 1.54) is 0 Å². The Bertz CT molecular complexity index is 364. The monoisotopic (exact) mass is 317 g/mol. The van der Waals surface area contributed by atoms with Gasteiger partial charge in [-0.05, 0) is 36.6 Å². The van der Waals surface area contributed by atoms with Gasteiger partial charge >= 0.3 is 0 Å². The van der Waals surface area contributed by atoms with E-state index < -0.39 is 0 Å². The van der Waals surface area contributed by atoms with Crippen molar-refractivity contribution in [2.45, 2.75) is 26.3 Å². The number of hydrogen-bond donors (Lipinski definition) is 1. The van der Waals surface area contributed by atoms with Crippen molar-refractivity contribution in [3.63, 3.8) is 0 Å². The van der Waals surface area contributed by atoms with Crippen molar-refractivity contribution in [3.8, 4) is 0 Å².